The van der Waals surface area contributed by atoms with Gasteiger partial charge in [-0.25, -0.2) is 4.98 Å². The lowest BCUT2D eigenvalue weighted by molar-refractivity contribution is 0.327. The van der Waals surface area contributed by atoms with E-state index in [-0.39, 0.29) is 0 Å². The van der Waals surface area contributed by atoms with Crippen LogP contribution in [0, 0.1) is 4.77 Å². The van der Waals surface area contributed by atoms with Crippen molar-refractivity contribution in [3.05, 3.63) is 35.0 Å². The fraction of sp³-hybridized carbons (Fsp3) is 0.385. The Labute approximate surface area is 112 Å². The van der Waals surface area contributed by atoms with Crippen LogP contribution in [0.25, 0.3) is 5.69 Å². The zero-order valence-corrected chi connectivity index (χ0v) is 11.6. The van der Waals surface area contributed by atoms with Crippen LogP contribution in [0.2, 0.25) is 0 Å². The second-order valence-electron chi connectivity index (χ2n) is 4.30. The van der Waals surface area contributed by atoms with E-state index in [0.717, 1.165) is 11.4 Å². The third kappa shape index (κ3) is 2.46. The minimum Gasteiger partial charge on any atom is -0.478 e. The van der Waals surface area contributed by atoms with Crippen molar-refractivity contribution < 1.29 is 4.74 Å². The first-order valence-corrected chi connectivity index (χ1v) is 6.43. The van der Waals surface area contributed by atoms with Crippen LogP contribution in [0.15, 0.2) is 24.5 Å². The van der Waals surface area contributed by atoms with Crippen molar-refractivity contribution in [3.8, 4) is 11.6 Å². The lowest BCUT2D eigenvalue weighted by atomic mass is 10.1. The summed E-state index contributed by atoms with van der Waals surface area (Å²) in [6, 6.07) is 3.82. The molecule has 0 radical (unpaired) electrons. The molecule has 0 aliphatic rings. The summed E-state index contributed by atoms with van der Waals surface area (Å²) >= 11 is 5.31. The number of H-pyrrole nitrogens is 1. The topological polar surface area (TPSA) is 42.8 Å². The standard InChI is InChI=1S/C13H17N3OS/c1-4-17-12-6-5-10(7-14-12)16-11(9(2)3)8-15-13(16)18/h5-9H,4H2,1-3H3,(H,15,18). The molecule has 1 N–H and O–H groups in total. The van der Waals surface area contributed by atoms with Crippen LogP contribution in [0.5, 0.6) is 5.88 Å². The molecule has 0 amide bonds. The summed E-state index contributed by atoms with van der Waals surface area (Å²) in [5.41, 5.74) is 2.10. The summed E-state index contributed by atoms with van der Waals surface area (Å²) in [5.74, 6) is 1.03. The van der Waals surface area contributed by atoms with Gasteiger partial charge in [0.25, 0.3) is 0 Å². The number of ether oxygens (including phenoxy) is 1. The van der Waals surface area contributed by atoms with Crippen molar-refractivity contribution in [2.75, 3.05) is 6.61 Å². The molecule has 18 heavy (non-hydrogen) atoms. The van der Waals surface area contributed by atoms with Crippen molar-refractivity contribution >= 4 is 12.2 Å². The van der Waals surface area contributed by atoms with Gasteiger partial charge in [-0.05, 0) is 31.1 Å². The first-order valence-electron chi connectivity index (χ1n) is 6.03. The van der Waals surface area contributed by atoms with Crippen LogP contribution in [0.4, 0.5) is 0 Å². The van der Waals surface area contributed by atoms with Gasteiger partial charge in [0.15, 0.2) is 4.77 Å². The lowest BCUT2D eigenvalue weighted by Gasteiger charge is -2.11. The Balaban J connectivity index is 2.42. The number of aromatic nitrogens is 3. The van der Waals surface area contributed by atoms with Gasteiger partial charge in [0.05, 0.1) is 18.5 Å². The molecule has 0 unspecified atom stereocenters. The average Bonchev–Trinajstić information content (AvgIpc) is 2.73. The lowest BCUT2D eigenvalue weighted by Crippen LogP contribution is -2.03. The van der Waals surface area contributed by atoms with Crippen molar-refractivity contribution in [2.24, 2.45) is 0 Å². The van der Waals surface area contributed by atoms with E-state index >= 15 is 0 Å². The molecule has 2 aromatic rings. The maximum absolute atomic E-state index is 5.33. The number of aromatic amines is 1. The van der Waals surface area contributed by atoms with E-state index in [1.54, 1.807) is 6.20 Å². The predicted octanol–water partition coefficient (Wildman–Crippen LogP) is 3.45. The monoisotopic (exact) mass is 263 g/mol. The van der Waals surface area contributed by atoms with Gasteiger partial charge in [0, 0.05) is 18.0 Å². The Morgan fingerprint density at radius 1 is 1.44 bits per heavy atom. The summed E-state index contributed by atoms with van der Waals surface area (Å²) in [6.07, 6.45) is 3.73. The first-order chi connectivity index (χ1) is 8.63. The van der Waals surface area contributed by atoms with Gasteiger partial charge in [-0.2, -0.15) is 0 Å². The molecule has 0 fully saturated rings. The molecule has 0 bridgehead atoms. The molecule has 4 nitrogen and oxygen atoms in total. The normalized spacial score (nSPS) is 10.9. The number of nitrogens with zero attached hydrogens (tertiary/aromatic N) is 2. The van der Waals surface area contributed by atoms with E-state index in [1.807, 2.05) is 29.8 Å². The first kappa shape index (κ1) is 12.8. The number of pyridine rings is 1. The van der Waals surface area contributed by atoms with E-state index in [1.165, 1.54) is 0 Å². The highest BCUT2D eigenvalue weighted by molar-refractivity contribution is 7.71. The Morgan fingerprint density at radius 2 is 2.22 bits per heavy atom. The number of nitrogens with one attached hydrogen (secondary N) is 1. The molecular weight excluding hydrogens is 246 g/mol. The zero-order chi connectivity index (χ0) is 13.1. The van der Waals surface area contributed by atoms with Crippen LogP contribution in [-0.2, 0) is 0 Å². The molecule has 5 heteroatoms. The number of imidazole rings is 1. The van der Waals surface area contributed by atoms with Gasteiger partial charge in [-0.3, -0.25) is 4.57 Å². The number of hydrogen-bond acceptors (Lipinski definition) is 3. The zero-order valence-electron chi connectivity index (χ0n) is 10.8. The molecule has 0 aromatic carbocycles. The van der Waals surface area contributed by atoms with Crippen molar-refractivity contribution in [3.63, 3.8) is 0 Å². The van der Waals surface area contributed by atoms with E-state index in [0.29, 0.717) is 23.2 Å². The van der Waals surface area contributed by atoms with Crippen LogP contribution in [0.3, 0.4) is 0 Å². The van der Waals surface area contributed by atoms with Gasteiger partial charge in [0.2, 0.25) is 5.88 Å². The molecular formula is C13H17N3OS. The fourth-order valence-electron chi connectivity index (χ4n) is 1.81. The Bertz CT molecular complexity index is 569. The van der Waals surface area contributed by atoms with E-state index in [9.17, 15) is 0 Å². The van der Waals surface area contributed by atoms with E-state index in [4.69, 9.17) is 17.0 Å². The van der Waals surface area contributed by atoms with Crippen LogP contribution in [0.1, 0.15) is 32.4 Å². The van der Waals surface area contributed by atoms with Gasteiger partial charge in [0.1, 0.15) is 0 Å². The molecule has 2 rings (SSSR count). The predicted molar refractivity (Wildman–Crippen MR) is 74.0 cm³/mol. The van der Waals surface area contributed by atoms with Crippen molar-refractivity contribution in [1.82, 2.24) is 14.5 Å². The Hall–Kier alpha value is -1.62. The maximum atomic E-state index is 5.33. The van der Waals surface area contributed by atoms with Gasteiger partial charge in [-0.15, -0.1) is 0 Å². The van der Waals surface area contributed by atoms with Gasteiger partial charge < -0.3 is 9.72 Å². The largest absolute Gasteiger partial charge is 0.478 e. The minimum atomic E-state index is 0.393. The third-order valence-corrected chi connectivity index (χ3v) is 2.97. The fourth-order valence-corrected chi connectivity index (χ4v) is 2.08. The molecule has 0 aliphatic heterocycles. The van der Waals surface area contributed by atoms with Crippen molar-refractivity contribution in [2.45, 2.75) is 26.7 Å². The second-order valence-corrected chi connectivity index (χ2v) is 4.68. The average molecular weight is 263 g/mol. The molecule has 0 saturated heterocycles. The number of hydrogen-bond donors (Lipinski definition) is 1. The summed E-state index contributed by atoms with van der Waals surface area (Å²) < 4.78 is 8.02. The van der Waals surface area contributed by atoms with Crippen molar-refractivity contribution in [1.29, 1.82) is 0 Å². The van der Waals surface area contributed by atoms with E-state index in [2.05, 4.69) is 23.8 Å². The third-order valence-electron chi connectivity index (χ3n) is 2.67. The molecule has 2 heterocycles. The van der Waals surface area contributed by atoms with Crippen LogP contribution in [-0.4, -0.2) is 21.1 Å². The van der Waals surface area contributed by atoms with Gasteiger partial charge >= 0.3 is 0 Å². The minimum absolute atomic E-state index is 0.393. The maximum Gasteiger partial charge on any atom is 0.213 e. The highest BCUT2D eigenvalue weighted by Gasteiger charge is 2.10. The molecule has 0 atom stereocenters. The van der Waals surface area contributed by atoms with Crippen LogP contribution >= 0.6 is 12.2 Å². The SMILES string of the molecule is CCOc1ccc(-n2c(C(C)C)c[nH]c2=S)cn1. The molecule has 2 aromatic heterocycles. The van der Waals surface area contributed by atoms with Crippen LogP contribution < -0.4 is 4.74 Å². The smallest absolute Gasteiger partial charge is 0.213 e. The summed E-state index contributed by atoms with van der Waals surface area (Å²) in [5, 5.41) is 0. The highest BCUT2D eigenvalue weighted by Crippen LogP contribution is 2.20. The Morgan fingerprint density at radius 3 is 2.78 bits per heavy atom. The molecule has 96 valence electrons. The summed E-state index contributed by atoms with van der Waals surface area (Å²) in [4.78, 5) is 7.34. The Kier molecular flexibility index (Phi) is 3.81. The second kappa shape index (κ2) is 5.35. The number of rotatable bonds is 4. The quantitative estimate of drug-likeness (QED) is 0.859. The van der Waals surface area contributed by atoms with E-state index < -0.39 is 0 Å². The summed E-state index contributed by atoms with van der Waals surface area (Å²) in [6.45, 7) is 6.83. The van der Waals surface area contributed by atoms with Gasteiger partial charge in [-0.1, -0.05) is 13.8 Å². The highest BCUT2D eigenvalue weighted by atomic mass is 32.1. The molecule has 0 spiro atoms. The molecule has 0 aliphatic carbocycles. The molecule has 0 saturated carbocycles. The summed E-state index contributed by atoms with van der Waals surface area (Å²) in [7, 11) is 0.